The van der Waals surface area contributed by atoms with Crippen molar-refractivity contribution in [3.05, 3.63) is 41.5 Å². The summed E-state index contributed by atoms with van der Waals surface area (Å²) in [6.07, 6.45) is 5.91. The maximum absolute atomic E-state index is 9.00. The molecule has 1 aliphatic heterocycles. The number of hydrogen-bond donors (Lipinski definition) is 2. The maximum atomic E-state index is 9.00. The number of carboxylic acid groups (broad SMARTS) is 1. The van der Waals surface area contributed by atoms with Gasteiger partial charge in [-0.1, -0.05) is 36.4 Å². The zero-order valence-electron chi connectivity index (χ0n) is 11.0. The Hall–Kier alpha value is -1.26. The third-order valence-corrected chi connectivity index (χ3v) is 4.47. The third-order valence-electron chi connectivity index (χ3n) is 3.13. The molecule has 1 heterocycles. The zero-order chi connectivity index (χ0) is 13.7. The molecule has 1 aliphatic carbocycles. The molecule has 19 heavy (non-hydrogen) atoms. The number of carbonyl (C=O) groups is 1. The fourth-order valence-corrected chi connectivity index (χ4v) is 3.60. The molecule has 0 radical (unpaired) electrons. The van der Waals surface area contributed by atoms with E-state index in [2.05, 4.69) is 53.5 Å². The molecule has 2 unspecified atom stereocenters. The van der Waals surface area contributed by atoms with Crippen LogP contribution in [-0.4, -0.2) is 28.7 Å². The van der Waals surface area contributed by atoms with Crippen molar-refractivity contribution in [2.45, 2.75) is 24.6 Å². The molecule has 0 aromatic heterocycles. The standard InChI is InChI=1S/C13H15NS.C2H4O2/c1-2-5-11-10(4-1)6-7-12(11)13-14-8-3-9-15-13;1-2(3)4/h1-2,4-7,12-14H,3,8-9H2;1H3,(H,3,4). The minimum atomic E-state index is -0.833. The number of aliphatic carboxylic acids is 1. The van der Waals surface area contributed by atoms with Gasteiger partial charge >= 0.3 is 0 Å². The summed E-state index contributed by atoms with van der Waals surface area (Å²) in [5.74, 6) is 1.04. The lowest BCUT2D eigenvalue weighted by molar-refractivity contribution is -0.134. The van der Waals surface area contributed by atoms with Crippen LogP contribution in [0.3, 0.4) is 0 Å². The lowest BCUT2D eigenvalue weighted by Crippen LogP contribution is -2.35. The van der Waals surface area contributed by atoms with Crippen LogP contribution in [0.5, 0.6) is 0 Å². The Morgan fingerprint density at radius 1 is 1.42 bits per heavy atom. The number of benzene rings is 1. The van der Waals surface area contributed by atoms with Crippen molar-refractivity contribution in [1.29, 1.82) is 0 Å². The van der Waals surface area contributed by atoms with Gasteiger partial charge in [-0.3, -0.25) is 4.79 Å². The Labute approximate surface area is 118 Å². The maximum Gasteiger partial charge on any atom is 0.300 e. The number of rotatable bonds is 1. The first-order valence-corrected chi connectivity index (χ1v) is 7.55. The molecule has 3 rings (SSSR count). The minimum absolute atomic E-state index is 0.575. The van der Waals surface area contributed by atoms with Crippen LogP contribution in [0.4, 0.5) is 0 Å². The Morgan fingerprint density at radius 2 is 2.16 bits per heavy atom. The van der Waals surface area contributed by atoms with E-state index in [4.69, 9.17) is 9.90 Å². The Balaban J connectivity index is 0.000000297. The van der Waals surface area contributed by atoms with E-state index in [1.165, 1.54) is 29.8 Å². The topological polar surface area (TPSA) is 49.3 Å². The van der Waals surface area contributed by atoms with Crippen LogP contribution < -0.4 is 5.32 Å². The van der Waals surface area contributed by atoms with Gasteiger partial charge < -0.3 is 10.4 Å². The van der Waals surface area contributed by atoms with Gasteiger partial charge in [0, 0.05) is 12.8 Å². The van der Waals surface area contributed by atoms with Crippen molar-refractivity contribution in [1.82, 2.24) is 5.32 Å². The highest BCUT2D eigenvalue weighted by atomic mass is 32.2. The lowest BCUT2D eigenvalue weighted by atomic mass is 10.0. The summed E-state index contributed by atoms with van der Waals surface area (Å²) in [5.41, 5.74) is 2.89. The summed E-state index contributed by atoms with van der Waals surface area (Å²) in [5, 5.41) is 11.6. The minimum Gasteiger partial charge on any atom is -0.481 e. The molecule has 1 aromatic rings. The van der Waals surface area contributed by atoms with Crippen molar-refractivity contribution in [2.75, 3.05) is 12.3 Å². The highest BCUT2D eigenvalue weighted by Crippen LogP contribution is 2.37. The molecule has 1 fully saturated rings. The summed E-state index contributed by atoms with van der Waals surface area (Å²) in [6, 6.07) is 8.73. The van der Waals surface area contributed by atoms with Crippen molar-refractivity contribution >= 4 is 23.8 Å². The fraction of sp³-hybridized carbons (Fsp3) is 0.400. The highest BCUT2D eigenvalue weighted by molar-refractivity contribution is 7.99. The van der Waals surface area contributed by atoms with Crippen LogP contribution in [-0.2, 0) is 4.79 Å². The number of carboxylic acids is 1. The number of thioether (sulfide) groups is 1. The predicted octanol–water partition coefficient (Wildman–Crippen LogP) is 2.94. The second kappa shape index (κ2) is 6.78. The molecule has 1 saturated heterocycles. The van der Waals surface area contributed by atoms with Crippen molar-refractivity contribution in [3.63, 3.8) is 0 Å². The fourth-order valence-electron chi connectivity index (χ4n) is 2.36. The molecule has 102 valence electrons. The number of fused-ring (bicyclic) bond motifs is 1. The van der Waals surface area contributed by atoms with E-state index in [1.807, 2.05) is 0 Å². The lowest BCUT2D eigenvalue weighted by Gasteiger charge is -2.28. The first-order chi connectivity index (χ1) is 9.18. The zero-order valence-corrected chi connectivity index (χ0v) is 11.8. The van der Waals surface area contributed by atoms with Crippen molar-refractivity contribution in [3.8, 4) is 0 Å². The summed E-state index contributed by atoms with van der Waals surface area (Å²) in [4.78, 5) is 9.00. The second-order valence-corrected chi connectivity index (χ2v) is 5.88. The van der Waals surface area contributed by atoms with Crippen LogP contribution in [0.1, 0.15) is 30.4 Å². The van der Waals surface area contributed by atoms with Crippen LogP contribution in [0, 0.1) is 0 Å². The van der Waals surface area contributed by atoms with E-state index < -0.39 is 5.97 Å². The van der Waals surface area contributed by atoms with E-state index in [1.54, 1.807) is 0 Å². The van der Waals surface area contributed by atoms with Crippen LogP contribution in [0.15, 0.2) is 30.3 Å². The SMILES string of the molecule is C1=CC(C2NCCCS2)c2ccccc21.CC(=O)O. The molecule has 0 saturated carbocycles. The number of hydrogen-bond acceptors (Lipinski definition) is 3. The molecule has 0 bridgehead atoms. The molecule has 2 atom stereocenters. The van der Waals surface area contributed by atoms with E-state index in [9.17, 15) is 0 Å². The van der Waals surface area contributed by atoms with E-state index in [0.29, 0.717) is 11.3 Å². The normalized spacial score (nSPS) is 24.3. The monoisotopic (exact) mass is 277 g/mol. The van der Waals surface area contributed by atoms with Gasteiger partial charge in [0.1, 0.15) is 0 Å². The molecule has 1 aromatic carbocycles. The van der Waals surface area contributed by atoms with Crippen LogP contribution >= 0.6 is 11.8 Å². The molecule has 2 aliphatic rings. The van der Waals surface area contributed by atoms with Gasteiger partial charge in [-0.15, -0.1) is 11.8 Å². The van der Waals surface area contributed by atoms with E-state index >= 15 is 0 Å². The van der Waals surface area contributed by atoms with Gasteiger partial charge in [-0.05, 0) is 29.8 Å². The van der Waals surface area contributed by atoms with Crippen molar-refractivity contribution in [2.24, 2.45) is 0 Å². The van der Waals surface area contributed by atoms with Crippen LogP contribution in [0.2, 0.25) is 0 Å². The van der Waals surface area contributed by atoms with E-state index in [0.717, 1.165) is 6.92 Å². The summed E-state index contributed by atoms with van der Waals surface area (Å²) in [6.45, 7) is 2.25. The molecular formula is C15H19NO2S. The van der Waals surface area contributed by atoms with E-state index in [-0.39, 0.29) is 0 Å². The molecule has 4 heteroatoms. The Kier molecular flexibility index (Phi) is 5.05. The van der Waals surface area contributed by atoms with Gasteiger partial charge in [-0.2, -0.15) is 0 Å². The first-order valence-electron chi connectivity index (χ1n) is 6.50. The average Bonchev–Trinajstić information content (AvgIpc) is 2.83. The summed E-state index contributed by atoms with van der Waals surface area (Å²) in [7, 11) is 0. The molecule has 2 N–H and O–H groups in total. The average molecular weight is 277 g/mol. The van der Waals surface area contributed by atoms with Crippen LogP contribution in [0.25, 0.3) is 6.08 Å². The Morgan fingerprint density at radius 3 is 2.84 bits per heavy atom. The van der Waals surface area contributed by atoms with Gasteiger partial charge in [-0.25, -0.2) is 0 Å². The molecular weight excluding hydrogens is 258 g/mol. The smallest absolute Gasteiger partial charge is 0.300 e. The molecule has 0 amide bonds. The van der Waals surface area contributed by atoms with Gasteiger partial charge in [0.2, 0.25) is 0 Å². The predicted molar refractivity (Wildman–Crippen MR) is 80.4 cm³/mol. The first kappa shape index (κ1) is 14.2. The summed E-state index contributed by atoms with van der Waals surface area (Å²) >= 11 is 2.06. The van der Waals surface area contributed by atoms with Gasteiger partial charge in [0.05, 0.1) is 5.37 Å². The quantitative estimate of drug-likeness (QED) is 0.828. The second-order valence-electron chi connectivity index (χ2n) is 4.63. The van der Waals surface area contributed by atoms with Gasteiger partial charge in [0.15, 0.2) is 0 Å². The van der Waals surface area contributed by atoms with Gasteiger partial charge in [0.25, 0.3) is 5.97 Å². The highest BCUT2D eigenvalue weighted by Gasteiger charge is 2.27. The third kappa shape index (κ3) is 3.85. The van der Waals surface area contributed by atoms with Crippen molar-refractivity contribution < 1.29 is 9.90 Å². The summed E-state index contributed by atoms with van der Waals surface area (Å²) < 4.78 is 0. The molecule has 3 nitrogen and oxygen atoms in total. The Bertz CT molecular complexity index is 463. The number of nitrogens with one attached hydrogen (secondary N) is 1. The largest absolute Gasteiger partial charge is 0.481 e. The molecule has 0 spiro atoms.